The monoisotopic (exact) mass is 330 g/mol. The van der Waals surface area contributed by atoms with Crippen LogP contribution in [0.4, 0.5) is 0 Å². The van der Waals surface area contributed by atoms with Crippen molar-refractivity contribution in [3.8, 4) is 5.75 Å². The van der Waals surface area contributed by atoms with Gasteiger partial charge in [0.15, 0.2) is 5.75 Å². The molecule has 0 aromatic heterocycles. The number of hydrogen-bond donors (Lipinski definition) is 1. The van der Waals surface area contributed by atoms with Crippen molar-refractivity contribution >= 4 is 40.8 Å². The van der Waals surface area contributed by atoms with Crippen molar-refractivity contribution < 1.29 is 14.6 Å². The molecule has 2 rings (SSSR count). The topological polar surface area (TPSA) is 46.5 Å². The fourth-order valence-electron chi connectivity index (χ4n) is 1.63. The lowest BCUT2D eigenvalue weighted by molar-refractivity contribution is 0.0692. The van der Waals surface area contributed by atoms with Crippen LogP contribution in [0.1, 0.15) is 15.9 Å². The maximum atomic E-state index is 11.2. The standard InChI is InChI=1S/C14H9Cl3O3/c15-9-5-10(14(18)19)13(12(17)6-9)20-7-8-3-1-2-4-11(8)16/h1-6H,7H2,(H,18,19). The van der Waals surface area contributed by atoms with Gasteiger partial charge in [-0.05, 0) is 18.2 Å². The number of hydrogen-bond acceptors (Lipinski definition) is 2. The first-order chi connectivity index (χ1) is 9.49. The van der Waals surface area contributed by atoms with Crippen LogP contribution in [0.3, 0.4) is 0 Å². The Balaban J connectivity index is 2.30. The van der Waals surface area contributed by atoms with E-state index in [1.54, 1.807) is 18.2 Å². The second-order valence-corrected chi connectivity index (χ2v) is 5.20. The van der Waals surface area contributed by atoms with Crippen molar-refractivity contribution in [1.82, 2.24) is 0 Å². The predicted molar refractivity (Wildman–Crippen MR) is 79.2 cm³/mol. The minimum Gasteiger partial charge on any atom is -0.486 e. The molecule has 0 saturated heterocycles. The Labute approximate surface area is 130 Å². The number of carboxylic acids is 1. The summed E-state index contributed by atoms with van der Waals surface area (Å²) in [5.74, 6) is -1.09. The molecule has 6 heteroatoms. The smallest absolute Gasteiger partial charge is 0.339 e. The van der Waals surface area contributed by atoms with Crippen LogP contribution in [0.25, 0.3) is 0 Å². The zero-order chi connectivity index (χ0) is 14.7. The van der Waals surface area contributed by atoms with Gasteiger partial charge in [0.2, 0.25) is 0 Å². The first-order valence-electron chi connectivity index (χ1n) is 5.57. The number of carbonyl (C=O) groups is 1. The molecule has 0 heterocycles. The average molecular weight is 332 g/mol. The van der Waals surface area contributed by atoms with Crippen molar-refractivity contribution in [2.24, 2.45) is 0 Å². The summed E-state index contributed by atoms with van der Waals surface area (Å²) in [4.78, 5) is 11.2. The highest BCUT2D eigenvalue weighted by Crippen LogP contribution is 2.33. The van der Waals surface area contributed by atoms with Gasteiger partial charge in [-0.1, -0.05) is 53.0 Å². The van der Waals surface area contributed by atoms with E-state index in [4.69, 9.17) is 44.6 Å². The minimum absolute atomic E-state index is 0.0727. The van der Waals surface area contributed by atoms with Gasteiger partial charge in [-0.15, -0.1) is 0 Å². The average Bonchev–Trinajstić information content (AvgIpc) is 2.38. The van der Waals surface area contributed by atoms with E-state index in [2.05, 4.69) is 0 Å². The molecule has 0 aliphatic heterocycles. The van der Waals surface area contributed by atoms with Gasteiger partial charge >= 0.3 is 5.97 Å². The lowest BCUT2D eigenvalue weighted by Gasteiger charge is -2.12. The highest BCUT2D eigenvalue weighted by molar-refractivity contribution is 6.36. The Morgan fingerprint density at radius 1 is 1.10 bits per heavy atom. The third-order valence-electron chi connectivity index (χ3n) is 2.57. The first-order valence-corrected chi connectivity index (χ1v) is 6.71. The van der Waals surface area contributed by atoms with Crippen LogP contribution in [0, 0.1) is 0 Å². The Kier molecular flexibility index (Phi) is 4.76. The molecule has 0 bridgehead atoms. The van der Waals surface area contributed by atoms with Gasteiger partial charge in [0.25, 0.3) is 0 Å². The maximum Gasteiger partial charge on any atom is 0.339 e. The molecule has 0 spiro atoms. The largest absolute Gasteiger partial charge is 0.486 e. The van der Waals surface area contributed by atoms with Crippen LogP contribution in [-0.2, 0) is 6.61 Å². The molecule has 0 unspecified atom stereocenters. The van der Waals surface area contributed by atoms with Gasteiger partial charge in [-0.25, -0.2) is 4.79 Å². The van der Waals surface area contributed by atoms with Crippen molar-refractivity contribution in [3.05, 3.63) is 62.6 Å². The molecule has 2 aromatic carbocycles. The molecule has 0 atom stereocenters. The normalized spacial score (nSPS) is 10.3. The van der Waals surface area contributed by atoms with Gasteiger partial charge in [-0.3, -0.25) is 0 Å². The molecule has 2 aromatic rings. The molecular weight excluding hydrogens is 323 g/mol. The fourth-order valence-corrected chi connectivity index (χ4v) is 2.37. The van der Waals surface area contributed by atoms with Crippen molar-refractivity contribution in [1.29, 1.82) is 0 Å². The van der Waals surface area contributed by atoms with Crippen LogP contribution < -0.4 is 4.74 Å². The van der Waals surface area contributed by atoms with Crippen molar-refractivity contribution in [3.63, 3.8) is 0 Å². The number of halogens is 3. The summed E-state index contributed by atoms with van der Waals surface area (Å²) in [5.41, 5.74) is 0.645. The van der Waals surface area contributed by atoms with Gasteiger partial charge in [-0.2, -0.15) is 0 Å². The van der Waals surface area contributed by atoms with E-state index in [1.165, 1.54) is 12.1 Å². The molecule has 0 radical (unpaired) electrons. The summed E-state index contributed by atoms with van der Waals surface area (Å²) < 4.78 is 5.50. The molecule has 104 valence electrons. The zero-order valence-corrected chi connectivity index (χ0v) is 12.3. The summed E-state index contributed by atoms with van der Waals surface area (Å²) in [6.45, 7) is 0.112. The summed E-state index contributed by atoms with van der Waals surface area (Å²) in [7, 11) is 0. The lowest BCUT2D eigenvalue weighted by atomic mass is 10.2. The van der Waals surface area contributed by atoms with Gasteiger partial charge in [0.1, 0.15) is 12.2 Å². The van der Waals surface area contributed by atoms with Crippen LogP contribution in [0.5, 0.6) is 5.75 Å². The fraction of sp³-hybridized carbons (Fsp3) is 0.0714. The second-order valence-electron chi connectivity index (χ2n) is 3.95. The van der Waals surface area contributed by atoms with E-state index >= 15 is 0 Å². The summed E-state index contributed by atoms with van der Waals surface area (Å²) in [6.07, 6.45) is 0. The number of rotatable bonds is 4. The number of carboxylic acid groups (broad SMARTS) is 1. The van der Waals surface area contributed by atoms with E-state index < -0.39 is 5.97 Å². The highest BCUT2D eigenvalue weighted by atomic mass is 35.5. The number of ether oxygens (including phenoxy) is 1. The second kappa shape index (κ2) is 6.35. The zero-order valence-electron chi connectivity index (χ0n) is 10.1. The van der Waals surface area contributed by atoms with Crippen LogP contribution in [-0.4, -0.2) is 11.1 Å². The molecular formula is C14H9Cl3O3. The quantitative estimate of drug-likeness (QED) is 0.864. The van der Waals surface area contributed by atoms with E-state index in [-0.39, 0.29) is 28.0 Å². The SMILES string of the molecule is O=C(O)c1cc(Cl)cc(Cl)c1OCc1ccccc1Cl. The summed E-state index contributed by atoms with van der Waals surface area (Å²) in [6, 6.07) is 9.83. The van der Waals surface area contributed by atoms with Crippen molar-refractivity contribution in [2.75, 3.05) is 0 Å². The van der Waals surface area contributed by atoms with E-state index in [0.29, 0.717) is 5.02 Å². The van der Waals surface area contributed by atoms with Gasteiger partial charge in [0.05, 0.1) is 5.02 Å². The van der Waals surface area contributed by atoms with Gasteiger partial charge < -0.3 is 9.84 Å². The Morgan fingerprint density at radius 3 is 2.45 bits per heavy atom. The van der Waals surface area contributed by atoms with E-state index in [9.17, 15) is 4.79 Å². The van der Waals surface area contributed by atoms with Crippen LogP contribution in [0.2, 0.25) is 15.1 Å². The number of aromatic carboxylic acids is 1. The van der Waals surface area contributed by atoms with E-state index in [1.807, 2.05) is 6.07 Å². The molecule has 0 aliphatic rings. The third-order valence-corrected chi connectivity index (χ3v) is 3.44. The minimum atomic E-state index is -1.16. The third kappa shape index (κ3) is 3.37. The Bertz CT molecular complexity index is 656. The molecule has 20 heavy (non-hydrogen) atoms. The number of benzene rings is 2. The molecule has 0 amide bonds. The van der Waals surface area contributed by atoms with Gasteiger partial charge in [0, 0.05) is 15.6 Å². The Morgan fingerprint density at radius 2 is 1.80 bits per heavy atom. The molecule has 0 aliphatic carbocycles. The highest BCUT2D eigenvalue weighted by Gasteiger charge is 2.17. The summed E-state index contributed by atoms with van der Waals surface area (Å²) >= 11 is 17.8. The molecule has 0 saturated carbocycles. The van der Waals surface area contributed by atoms with E-state index in [0.717, 1.165) is 5.56 Å². The van der Waals surface area contributed by atoms with Crippen LogP contribution >= 0.6 is 34.8 Å². The molecule has 1 N–H and O–H groups in total. The molecule has 0 fully saturated rings. The molecule has 3 nitrogen and oxygen atoms in total. The lowest BCUT2D eigenvalue weighted by Crippen LogP contribution is -2.04. The maximum absolute atomic E-state index is 11.2. The Hall–Kier alpha value is -1.42. The first kappa shape index (κ1) is 15.0. The van der Waals surface area contributed by atoms with Crippen molar-refractivity contribution in [2.45, 2.75) is 6.61 Å². The van der Waals surface area contributed by atoms with Crippen LogP contribution in [0.15, 0.2) is 36.4 Å². The predicted octanol–water partition coefficient (Wildman–Crippen LogP) is 4.92. The summed E-state index contributed by atoms with van der Waals surface area (Å²) in [5, 5.41) is 10.1.